The molecule has 5 heteroatoms. The summed E-state index contributed by atoms with van der Waals surface area (Å²) < 4.78 is 9.97. The first-order valence-electron chi connectivity index (χ1n) is 4.70. The Labute approximate surface area is 84.9 Å². The number of ether oxygens (including phenoxy) is 2. The van der Waals surface area contributed by atoms with Gasteiger partial charge in [-0.05, 0) is 0 Å². The Morgan fingerprint density at radius 3 is 2.93 bits per heavy atom. The third kappa shape index (κ3) is 9.47. The molecular weight excluding hydrogens is 184 g/mol. The number of nitrogens with one attached hydrogen (secondary N) is 1. The van der Waals surface area contributed by atoms with Crippen molar-refractivity contribution in [2.75, 3.05) is 39.5 Å². The normalized spacial score (nSPS) is 12.4. The first kappa shape index (κ1) is 13.4. The van der Waals surface area contributed by atoms with Crippen LogP contribution >= 0.6 is 0 Å². The van der Waals surface area contributed by atoms with Gasteiger partial charge in [-0.3, -0.25) is 0 Å². The van der Waals surface area contributed by atoms with E-state index in [9.17, 15) is 5.11 Å². The second-order valence-electron chi connectivity index (χ2n) is 2.76. The van der Waals surface area contributed by atoms with Crippen LogP contribution < -0.4 is 11.1 Å². The molecular formula is C9H20N2O3. The van der Waals surface area contributed by atoms with Crippen molar-refractivity contribution in [1.29, 1.82) is 0 Å². The van der Waals surface area contributed by atoms with Crippen LogP contribution in [0.2, 0.25) is 0 Å². The summed E-state index contributed by atoms with van der Waals surface area (Å²) in [5, 5.41) is 12.3. The van der Waals surface area contributed by atoms with E-state index in [1.807, 2.05) is 0 Å². The predicted octanol–water partition coefficient (Wildman–Crippen LogP) is -0.928. The predicted molar refractivity (Wildman–Crippen MR) is 54.9 cm³/mol. The highest BCUT2D eigenvalue weighted by Gasteiger charge is 2.02. The van der Waals surface area contributed by atoms with E-state index >= 15 is 0 Å². The Hall–Kier alpha value is -0.620. The van der Waals surface area contributed by atoms with Gasteiger partial charge in [0.2, 0.25) is 0 Å². The first-order chi connectivity index (χ1) is 6.81. The largest absolute Gasteiger partial charge is 0.499 e. The molecule has 0 bridgehead atoms. The number of hydrogen-bond acceptors (Lipinski definition) is 5. The van der Waals surface area contributed by atoms with Crippen LogP contribution in [0.1, 0.15) is 0 Å². The average Bonchev–Trinajstić information content (AvgIpc) is 2.18. The van der Waals surface area contributed by atoms with Gasteiger partial charge < -0.3 is 25.6 Å². The summed E-state index contributed by atoms with van der Waals surface area (Å²) in [6, 6.07) is 0. The molecule has 0 aromatic heterocycles. The molecule has 0 aliphatic heterocycles. The summed E-state index contributed by atoms with van der Waals surface area (Å²) in [5.41, 5.74) is 5.27. The molecule has 84 valence electrons. The molecule has 0 aliphatic rings. The molecule has 0 aromatic rings. The number of rotatable bonds is 10. The number of nitrogens with two attached hydrogens (primary N) is 1. The fourth-order valence-electron chi connectivity index (χ4n) is 0.839. The van der Waals surface area contributed by atoms with E-state index in [0.29, 0.717) is 39.5 Å². The van der Waals surface area contributed by atoms with Crippen molar-refractivity contribution < 1.29 is 14.6 Å². The van der Waals surface area contributed by atoms with Crippen molar-refractivity contribution in [1.82, 2.24) is 5.32 Å². The summed E-state index contributed by atoms with van der Waals surface area (Å²) in [6.07, 6.45) is 0.869. The van der Waals surface area contributed by atoms with E-state index in [2.05, 4.69) is 11.9 Å². The van der Waals surface area contributed by atoms with Crippen molar-refractivity contribution in [3.8, 4) is 0 Å². The highest BCUT2D eigenvalue weighted by Crippen LogP contribution is 1.84. The zero-order chi connectivity index (χ0) is 10.6. The molecule has 0 fully saturated rings. The minimum absolute atomic E-state index is 0.304. The number of hydrogen-bond donors (Lipinski definition) is 3. The molecule has 1 unspecified atom stereocenters. The third-order valence-corrected chi connectivity index (χ3v) is 1.47. The van der Waals surface area contributed by atoms with E-state index in [1.54, 1.807) is 0 Å². The molecule has 0 heterocycles. The molecule has 0 saturated heterocycles. The molecule has 5 nitrogen and oxygen atoms in total. The van der Waals surface area contributed by atoms with Gasteiger partial charge in [0, 0.05) is 19.6 Å². The Morgan fingerprint density at radius 1 is 1.50 bits per heavy atom. The standard InChI is InChI=1S/C9H20N2O3/c1-2-13-5-6-14-8-9(12)7-11-4-3-10/h2,9,11-12H,1,3-8,10H2. The Bertz CT molecular complexity index is 133. The smallest absolute Gasteiger partial charge is 0.111 e. The van der Waals surface area contributed by atoms with E-state index in [1.165, 1.54) is 6.26 Å². The van der Waals surface area contributed by atoms with E-state index in [0.717, 1.165) is 0 Å². The zero-order valence-electron chi connectivity index (χ0n) is 8.45. The van der Waals surface area contributed by atoms with Crippen LogP contribution in [0.15, 0.2) is 12.8 Å². The SMILES string of the molecule is C=COCCOCC(O)CNCCN. The lowest BCUT2D eigenvalue weighted by Gasteiger charge is -2.11. The summed E-state index contributed by atoms with van der Waals surface area (Å²) in [4.78, 5) is 0. The minimum atomic E-state index is -0.495. The van der Waals surface area contributed by atoms with Gasteiger partial charge in [-0.2, -0.15) is 0 Å². The Morgan fingerprint density at radius 2 is 2.29 bits per heavy atom. The van der Waals surface area contributed by atoms with Gasteiger partial charge in [0.05, 0.1) is 25.6 Å². The molecule has 0 aliphatic carbocycles. The van der Waals surface area contributed by atoms with Crippen LogP contribution in [0.25, 0.3) is 0 Å². The highest BCUT2D eigenvalue weighted by molar-refractivity contribution is 4.58. The van der Waals surface area contributed by atoms with Crippen molar-refractivity contribution in [3.63, 3.8) is 0 Å². The average molecular weight is 204 g/mol. The van der Waals surface area contributed by atoms with Gasteiger partial charge in [-0.25, -0.2) is 0 Å². The maximum Gasteiger partial charge on any atom is 0.111 e. The number of aliphatic hydroxyl groups excluding tert-OH is 1. The van der Waals surface area contributed by atoms with Crippen molar-refractivity contribution in [2.24, 2.45) is 5.73 Å². The van der Waals surface area contributed by atoms with Gasteiger partial charge in [0.1, 0.15) is 6.61 Å². The Balaban J connectivity index is 3.09. The monoisotopic (exact) mass is 204 g/mol. The molecule has 0 rings (SSSR count). The van der Waals surface area contributed by atoms with Crippen molar-refractivity contribution in [3.05, 3.63) is 12.8 Å². The summed E-state index contributed by atoms with van der Waals surface area (Å²) in [5.74, 6) is 0. The molecule has 14 heavy (non-hydrogen) atoms. The van der Waals surface area contributed by atoms with Crippen molar-refractivity contribution >= 4 is 0 Å². The van der Waals surface area contributed by atoms with Crippen molar-refractivity contribution in [2.45, 2.75) is 6.10 Å². The summed E-state index contributed by atoms with van der Waals surface area (Å²) in [7, 11) is 0. The van der Waals surface area contributed by atoms with Gasteiger partial charge in [0.25, 0.3) is 0 Å². The molecule has 0 spiro atoms. The van der Waals surface area contributed by atoms with Gasteiger partial charge in [-0.1, -0.05) is 6.58 Å². The fraction of sp³-hybridized carbons (Fsp3) is 0.778. The second-order valence-corrected chi connectivity index (χ2v) is 2.76. The zero-order valence-corrected chi connectivity index (χ0v) is 8.45. The lowest BCUT2D eigenvalue weighted by Crippen LogP contribution is -2.33. The molecule has 0 amide bonds. The molecule has 1 atom stereocenters. The van der Waals surface area contributed by atoms with E-state index in [-0.39, 0.29) is 0 Å². The molecule has 0 saturated carbocycles. The quantitative estimate of drug-likeness (QED) is 0.317. The third-order valence-electron chi connectivity index (χ3n) is 1.47. The second kappa shape index (κ2) is 10.5. The summed E-state index contributed by atoms with van der Waals surface area (Å²) >= 11 is 0. The van der Waals surface area contributed by atoms with Crippen LogP contribution in [0.3, 0.4) is 0 Å². The summed E-state index contributed by atoms with van der Waals surface area (Å²) in [6.45, 7) is 6.40. The molecule has 0 aromatic carbocycles. The lowest BCUT2D eigenvalue weighted by molar-refractivity contribution is 0.0196. The van der Waals surface area contributed by atoms with Gasteiger partial charge in [-0.15, -0.1) is 0 Å². The van der Waals surface area contributed by atoms with Crippen LogP contribution in [0, 0.1) is 0 Å². The van der Waals surface area contributed by atoms with Gasteiger partial charge in [0.15, 0.2) is 0 Å². The first-order valence-corrected chi connectivity index (χ1v) is 4.70. The van der Waals surface area contributed by atoms with Crippen LogP contribution in [-0.2, 0) is 9.47 Å². The van der Waals surface area contributed by atoms with E-state index in [4.69, 9.17) is 15.2 Å². The van der Waals surface area contributed by atoms with Crippen LogP contribution in [0.5, 0.6) is 0 Å². The lowest BCUT2D eigenvalue weighted by atomic mass is 10.4. The number of aliphatic hydroxyl groups is 1. The van der Waals surface area contributed by atoms with Gasteiger partial charge >= 0.3 is 0 Å². The van der Waals surface area contributed by atoms with Crippen LogP contribution in [0.4, 0.5) is 0 Å². The fourth-order valence-corrected chi connectivity index (χ4v) is 0.839. The maximum absolute atomic E-state index is 9.34. The molecule has 4 N–H and O–H groups in total. The highest BCUT2D eigenvalue weighted by atomic mass is 16.5. The minimum Gasteiger partial charge on any atom is -0.499 e. The Kier molecular flexibility index (Phi) is 10.00. The van der Waals surface area contributed by atoms with Crippen LogP contribution in [-0.4, -0.2) is 50.7 Å². The molecule has 0 radical (unpaired) electrons. The van der Waals surface area contributed by atoms with E-state index < -0.39 is 6.10 Å². The topological polar surface area (TPSA) is 76.7 Å². The maximum atomic E-state index is 9.34.